The van der Waals surface area contributed by atoms with Gasteiger partial charge in [0.15, 0.2) is 0 Å². The van der Waals surface area contributed by atoms with E-state index in [2.05, 4.69) is 10.3 Å². The molecule has 6 heteroatoms. The van der Waals surface area contributed by atoms with Crippen molar-refractivity contribution in [3.05, 3.63) is 66.8 Å². The summed E-state index contributed by atoms with van der Waals surface area (Å²) in [5.74, 6) is 0.662. The first kappa shape index (κ1) is 15.4. The summed E-state index contributed by atoms with van der Waals surface area (Å²) in [6.07, 6.45) is 7.66. The van der Waals surface area contributed by atoms with E-state index in [0.29, 0.717) is 18.8 Å². The maximum atomic E-state index is 12.3. The van der Waals surface area contributed by atoms with Gasteiger partial charge in [0.05, 0.1) is 18.5 Å². The molecule has 0 bridgehead atoms. The highest BCUT2D eigenvalue weighted by molar-refractivity contribution is 5.91. The van der Waals surface area contributed by atoms with Gasteiger partial charge in [-0.25, -0.2) is 4.68 Å². The molecule has 0 N–H and O–H groups in total. The van der Waals surface area contributed by atoms with Crippen LogP contribution in [0.4, 0.5) is 0 Å². The van der Waals surface area contributed by atoms with Crippen molar-refractivity contribution < 1.29 is 9.21 Å². The van der Waals surface area contributed by atoms with Crippen molar-refractivity contribution in [2.45, 2.75) is 12.5 Å². The molecule has 2 aromatic heterocycles. The Morgan fingerprint density at radius 1 is 1.20 bits per heavy atom. The van der Waals surface area contributed by atoms with Gasteiger partial charge >= 0.3 is 0 Å². The minimum absolute atomic E-state index is 0.0118. The fourth-order valence-electron chi connectivity index (χ4n) is 3.00. The summed E-state index contributed by atoms with van der Waals surface area (Å²) < 4.78 is 7.07. The fraction of sp³-hybridized carbons (Fsp3) is 0.211. The molecule has 0 unspecified atom stereocenters. The van der Waals surface area contributed by atoms with E-state index in [9.17, 15) is 4.79 Å². The van der Waals surface area contributed by atoms with Crippen LogP contribution in [0.15, 0.2) is 65.4 Å². The highest BCUT2D eigenvalue weighted by Gasteiger charge is 2.27. The zero-order chi connectivity index (χ0) is 17.1. The van der Waals surface area contributed by atoms with Gasteiger partial charge in [-0.1, -0.05) is 35.5 Å². The Kier molecular flexibility index (Phi) is 4.16. The third-order valence-electron chi connectivity index (χ3n) is 4.36. The molecule has 0 aliphatic carbocycles. The molecule has 0 spiro atoms. The minimum atomic E-state index is -0.0118. The van der Waals surface area contributed by atoms with E-state index in [1.807, 2.05) is 52.2 Å². The Morgan fingerprint density at radius 3 is 2.88 bits per heavy atom. The summed E-state index contributed by atoms with van der Waals surface area (Å²) in [5, 5.41) is 8.50. The lowest BCUT2D eigenvalue weighted by Gasteiger charge is -2.14. The van der Waals surface area contributed by atoms with Gasteiger partial charge in [-0.05, 0) is 24.6 Å². The maximum absolute atomic E-state index is 12.3. The Balaban J connectivity index is 1.41. The normalized spacial score (nSPS) is 17.4. The lowest BCUT2D eigenvalue weighted by atomic mass is 10.2. The molecule has 0 saturated carbocycles. The van der Waals surface area contributed by atoms with E-state index in [4.69, 9.17) is 4.42 Å². The SMILES string of the molecule is O=C(/C=C/c1ccco1)N1CC[C@@H](n2cc(-c3ccccc3)nn2)C1. The van der Waals surface area contributed by atoms with Gasteiger partial charge in [0.2, 0.25) is 5.91 Å². The van der Waals surface area contributed by atoms with Crippen molar-refractivity contribution in [2.24, 2.45) is 0 Å². The molecule has 1 aliphatic rings. The van der Waals surface area contributed by atoms with Crippen LogP contribution in [0.1, 0.15) is 18.2 Å². The van der Waals surface area contributed by atoms with Gasteiger partial charge in [0.25, 0.3) is 0 Å². The van der Waals surface area contributed by atoms with Gasteiger partial charge in [0, 0.05) is 24.7 Å². The van der Waals surface area contributed by atoms with E-state index >= 15 is 0 Å². The van der Waals surface area contributed by atoms with Crippen molar-refractivity contribution in [1.82, 2.24) is 19.9 Å². The molecule has 126 valence electrons. The molecule has 1 fully saturated rings. The summed E-state index contributed by atoms with van der Waals surface area (Å²) in [6, 6.07) is 13.7. The molecule has 1 saturated heterocycles. The topological polar surface area (TPSA) is 64.2 Å². The Labute approximate surface area is 145 Å². The molecule has 25 heavy (non-hydrogen) atoms. The van der Waals surface area contributed by atoms with E-state index in [1.165, 1.54) is 0 Å². The smallest absolute Gasteiger partial charge is 0.246 e. The number of furan rings is 1. The van der Waals surface area contributed by atoms with Gasteiger partial charge in [-0.3, -0.25) is 4.79 Å². The average molecular weight is 334 g/mol. The van der Waals surface area contributed by atoms with Gasteiger partial charge in [-0.15, -0.1) is 5.10 Å². The molecule has 1 aromatic carbocycles. The average Bonchev–Trinajstić information content (AvgIpc) is 3.41. The third kappa shape index (κ3) is 3.38. The van der Waals surface area contributed by atoms with E-state index < -0.39 is 0 Å². The molecular formula is C19H18N4O2. The van der Waals surface area contributed by atoms with Crippen LogP contribution in [-0.2, 0) is 4.79 Å². The second-order valence-corrected chi connectivity index (χ2v) is 6.03. The number of benzene rings is 1. The number of rotatable bonds is 4. The fourth-order valence-corrected chi connectivity index (χ4v) is 3.00. The lowest BCUT2D eigenvalue weighted by Crippen LogP contribution is -2.27. The molecule has 1 aliphatic heterocycles. The summed E-state index contributed by atoms with van der Waals surface area (Å²) >= 11 is 0. The first-order valence-electron chi connectivity index (χ1n) is 8.27. The van der Waals surface area contributed by atoms with Crippen molar-refractivity contribution in [3.8, 4) is 11.3 Å². The van der Waals surface area contributed by atoms with Crippen LogP contribution in [0.5, 0.6) is 0 Å². The van der Waals surface area contributed by atoms with Crippen molar-refractivity contribution in [3.63, 3.8) is 0 Å². The van der Waals surface area contributed by atoms with Gasteiger partial charge in [0.1, 0.15) is 11.5 Å². The quantitative estimate of drug-likeness (QED) is 0.688. The molecule has 4 rings (SSSR count). The van der Waals surface area contributed by atoms with Gasteiger partial charge < -0.3 is 9.32 Å². The van der Waals surface area contributed by atoms with Crippen LogP contribution in [0, 0.1) is 0 Å². The van der Waals surface area contributed by atoms with Crippen LogP contribution in [0.25, 0.3) is 17.3 Å². The van der Waals surface area contributed by atoms with Crippen molar-refractivity contribution >= 4 is 12.0 Å². The molecule has 3 aromatic rings. The highest BCUT2D eigenvalue weighted by Crippen LogP contribution is 2.23. The second-order valence-electron chi connectivity index (χ2n) is 6.03. The van der Waals surface area contributed by atoms with Crippen molar-refractivity contribution in [2.75, 3.05) is 13.1 Å². The van der Waals surface area contributed by atoms with Crippen LogP contribution >= 0.6 is 0 Å². The number of carbonyl (C=O) groups excluding carboxylic acids is 1. The predicted molar refractivity (Wildman–Crippen MR) is 93.4 cm³/mol. The zero-order valence-corrected chi connectivity index (χ0v) is 13.7. The molecule has 6 nitrogen and oxygen atoms in total. The minimum Gasteiger partial charge on any atom is -0.465 e. The Bertz CT molecular complexity index is 868. The molecule has 1 amide bonds. The lowest BCUT2D eigenvalue weighted by molar-refractivity contribution is -0.125. The Hall–Kier alpha value is -3.15. The molecular weight excluding hydrogens is 316 g/mol. The van der Waals surface area contributed by atoms with E-state index in [-0.39, 0.29) is 11.9 Å². The number of hydrogen-bond donors (Lipinski definition) is 0. The second kappa shape index (κ2) is 6.76. The number of amides is 1. The maximum Gasteiger partial charge on any atom is 0.246 e. The summed E-state index contributed by atoms with van der Waals surface area (Å²) in [6.45, 7) is 1.35. The van der Waals surface area contributed by atoms with Gasteiger partial charge in [-0.2, -0.15) is 0 Å². The summed E-state index contributed by atoms with van der Waals surface area (Å²) in [5.41, 5.74) is 1.89. The van der Waals surface area contributed by atoms with Crippen LogP contribution < -0.4 is 0 Å². The zero-order valence-electron chi connectivity index (χ0n) is 13.7. The first-order chi connectivity index (χ1) is 12.3. The molecule has 1 atom stereocenters. The van der Waals surface area contributed by atoms with E-state index in [0.717, 1.165) is 17.7 Å². The summed E-state index contributed by atoms with van der Waals surface area (Å²) in [7, 11) is 0. The third-order valence-corrected chi connectivity index (χ3v) is 4.36. The number of nitrogens with zero attached hydrogens (tertiary/aromatic N) is 4. The largest absolute Gasteiger partial charge is 0.465 e. The predicted octanol–water partition coefficient (Wildman–Crippen LogP) is 3.02. The molecule has 0 radical (unpaired) electrons. The summed E-state index contributed by atoms with van der Waals surface area (Å²) in [4.78, 5) is 14.1. The standard InChI is InChI=1S/C19H18N4O2/c24-19(9-8-17-7-4-12-25-17)22-11-10-16(13-22)23-14-18(20-21-23)15-5-2-1-3-6-15/h1-9,12,14,16H,10-11,13H2/b9-8+/t16-/m1/s1. The molecule has 3 heterocycles. The van der Waals surface area contributed by atoms with Crippen LogP contribution in [0.2, 0.25) is 0 Å². The first-order valence-corrected chi connectivity index (χ1v) is 8.27. The Morgan fingerprint density at radius 2 is 2.08 bits per heavy atom. The number of carbonyl (C=O) groups is 1. The highest BCUT2D eigenvalue weighted by atomic mass is 16.3. The van der Waals surface area contributed by atoms with Crippen molar-refractivity contribution in [1.29, 1.82) is 0 Å². The number of aromatic nitrogens is 3. The number of likely N-dealkylation sites (tertiary alicyclic amines) is 1. The monoisotopic (exact) mass is 334 g/mol. The van der Waals surface area contributed by atoms with Crippen LogP contribution in [-0.4, -0.2) is 38.9 Å². The number of hydrogen-bond acceptors (Lipinski definition) is 4. The van der Waals surface area contributed by atoms with Crippen LogP contribution in [0.3, 0.4) is 0 Å². The van der Waals surface area contributed by atoms with E-state index in [1.54, 1.807) is 24.5 Å².